The molecule has 0 radical (unpaired) electrons. The van der Waals surface area contributed by atoms with Crippen LogP contribution in [-0.2, 0) is 10.4 Å². The second kappa shape index (κ2) is 10.9. The fraction of sp³-hybridized carbons (Fsp3) is 0.259. The van der Waals surface area contributed by atoms with E-state index in [-0.39, 0.29) is 42.7 Å². The van der Waals surface area contributed by atoms with Crippen LogP contribution in [0.15, 0.2) is 60.8 Å². The van der Waals surface area contributed by atoms with Crippen LogP contribution in [0.3, 0.4) is 0 Å². The average molecular weight is 558 g/mol. The molecule has 4 rings (SSSR count). The van der Waals surface area contributed by atoms with Crippen LogP contribution < -0.4 is 10.2 Å². The molecule has 3 aromatic rings. The molecular formula is C27H23ClF3N5O3. The van der Waals surface area contributed by atoms with E-state index in [0.717, 1.165) is 17.0 Å². The SMILES string of the molecule is CNC(=O)c1ccc(-c2cnc(N3CCN(C(=O)[C@](O)(c4ccccc4)C(F)(F)F)CC3)c(C#N)c2)cc1Cl. The highest BCUT2D eigenvalue weighted by molar-refractivity contribution is 6.34. The molecule has 12 heteroatoms. The molecule has 1 aromatic heterocycles. The van der Waals surface area contributed by atoms with E-state index in [4.69, 9.17) is 11.6 Å². The lowest BCUT2D eigenvalue weighted by Gasteiger charge is -2.40. The summed E-state index contributed by atoms with van der Waals surface area (Å²) >= 11 is 6.24. The van der Waals surface area contributed by atoms with E-state index in [1.54, 1.807) is 29.2 Å². The molecule has 202 valence electrons. The highest BCUT2D eigenvalue weighted by Gasteiger charge is 2.62. The fourth-order valence-corrected chi connectivity index (χ4v) is 4.67. The molecule has 2 N–H and O–H groups in total. The predicted molar refractivity (Wildman–Crippen MR) is 138 cm³/mol. The van der Waals surface area contributed by atoms with Crippen LogP contribution in [0.25, 0.3) is 11.1 Å². The second-order valence-corrected chi connectivity index (χ2v) is 9.24. The van der Waals surface area contributed by atoms with E-state index >= 15 is 0 Å². The van der Waals surface area contributed by atoms with Gasteiger partial charge in [-0.1, -0.05) is 48.0 Å². The molecular weight excluding hydrogens is 535 g/mol. The van der Waals surface area contributed by atoms with Gasteiger partial charge in [0.15, 0.2) is 0 Å². The second-order valence-electron chi connectivity index (χ2n) is 8.83. The maximum Gasteiger partial charge on any atom is 0.430 e. The van der Waals surface area contributed by atoms with Gasteiger partial charge in [0, 0.05) is 50.6 Å². The van der Waals surface area contributed by atoms with Gasteiger partial charge in [-0.3, -0.25) is 9.59 Å². The van der Waals surface area contributed by atoms with Crippen molar-refractivity contribution in [2.75, 3.05) is 38.1 Å². The maximum absolute atomic E-state index is 13.9. The van der Waals surface area contributed by atoms with Gasteiger partial charge in [0.05, 0.1) is 16.1 Å². The third-order valence-corrected chi connectivity index (χ3v) is 6.85. The van der Waals surface area contributed by atoms with Gasteiger partial charge >= 0.3 is 6.18 Å². The number of nitrogens with zero attached hydrogens (tertiary/aromatic N) is 4. The van der Waals surface area contributed by atoms with Crippen molar-refractivity contribution in [2.24, 2.45) is 0 Å². The number of nitrogens with one attached hydrogen (secondary N) is 1. The van der Waals surface area contributed by atoms with Crippen LogP contribution in [-0.4, -0.2) is 66.2 Å². The number of nitriles is 1. The zero-order chi connectivity index (χ0) is 28.4. The Morgan fingerprint density at radius 2 is 1.72 bits per heavy atom. The van der Waals surface area contributed by atoms with Crippen molar-refractivity contribution in [1.82, 2.24) is 15.2 Å². The Morgan fingerprint density at radius 3 is 2.28 bits per heavy atom. The topological polar surface area (TPSA) is 110 Å². The molecule has 1 fully saturated rings. The zero-order valence-corrected chi connectivity index (χ0v) is 21.4. The fourth-order valence-electron chi connectivity index (χ4n) is 4.40. The quantitative estimate of drug-likeness (QED) is 0.495. The smallest absolute Gasteiger partial charge is 0.369 e. The summed E-state index contributed by atoms with van der Waals surface area (Å²) in [6.07, 6.45) is -3.70. The van der Waals surface area contributed by atoms with E-state index < -0.39 is 23.2 Å². The summed E-state index contributed by atoms with van der Waals surface area (Å²) in [6, 6.07) is 14.8. The van der Waals surface area contributed by atoms with Gasteiger partial charge in [-0.2, -0.15) is 18.4 Å². The highest BCUT2D eigenvalue weighted by atomic mass is 35.5. The van der Waals surface area contributed by atoms with Gasteiger partial charge in [-0.15, -0.1) is 0 Å². The van der Waals surface area contributed by atoms with Crippen molar-refractivity contribution in [3.05, 3.63) is 82.5 Å². The van der Waals surface area contributed by atoms with Gasteiger partial charge < -0.3 is 20.2 Å². The normalized spacial score (nSPS) is 15.3. The lowest BCUT2D eigenvalue weighted by atomic mass is 9.91. The van der Waals surface area contributed by atoms with Crippen LogP contribution >= 0.6 is 11.6 Å². The van der Waals surface area contributed by atoms with Crippen LogP contribution in [0.1, 0.15) is 21.5 Å². The summed E-state index contributed by atoms with van der Waals surface area (Å²) < 4.78 is 41.8. The molecule has 0 spiro atoms. The average Bonchev–Trinajstić information content (AvgIpc) is 2.95. The Bertz CT molecular complexity index is 1440. The van der Waals surface area contributed by atoms with Crippen molar-refractivity contribution in [1.29, 1.82) is 5.26 Å². The molecule has 1 aliphatic heterocycles. The number of alkyl halides is 3. The van der Waals surface area contributed by atoms with E-state index in [2.05, 4.69) is 16.4 Å². The summed E-state index contributed by atoms with van der Waals surface area (Å²) in [4.78, 5) is 31.9. The number of rotatable bonds is 5. The number of carbonyl (C=O) groups is 2. The lowest BCUT2D eigenvalue weighted by Crippen LogP contribution is -2.59. The van der Waals surface area contributed by atoms with Crippen molar-refractivity contribution < 1.29 is 27.9 Å². The highest BCUT2D eigenvalue weighted by Crippen LogP contribution is 2.40. The Balaban J connectivity index is 1.53. The first kappa shape index (κ1) is 27.9. The molecule has 8 nitrogen and oxygen atoms in total. The molecule has 1 aliphatic rings. The standard InChI is InChI=1S/C27H23ClF3N5O3/c1-33-24(37)21-8-7-17(14-22(21)28)19-13-18(15-32)23(34-16-19)35-9-11-36(12-10-35)25(38)26(39,27(29,30)31)20-5-3-2-4-6-20/h2-8,13-14,16,39H,9-12H2,1H3,(H,33,37)/t26-/m1/s1. The molecule has 0 aliphatic carbocycles. The summed E-state index contributed by atoms with van der Waals surface area (Å²) in [5.74, 6) is -1.48. The number of anilines is 1. The van der Waals surface area contributed by atoms with Crippen molar-refractivity contribution in [3.8, 4) is 17.2 Å². The number of aliphatic hydroxyl groups is 1. The molecule has 0 bridgehead atoms. The molecule has 2 heterocycles. The first-order valence-electron chi connectivity index (χ1n) is 11.8. The van der Waals surface area contributed by atoms with Crippen molar-refractivity contribution >= 4 is 29.2 Å². The van der Waals surface area contributed by atoms with Crippen LogP contribution in [0.2, 0.25) is 5.02 Å². The van der Waals surface area contributed by atoms with E-state index in [1.165, 1.54) is 31.4 Å². The Hall–Kier alpha value is -4.14. The number of halogens is 4. The molecule has 2 amide bonds. The molecule has 2 aromatic carbocycles. The number of hydrogen-bond acceptors (Lipinski definition) is 6. The van der Waals surface area contributed by atoms with Crippen molar-refractivity contribution in [3.63, 3.8) is 0 Å². The van der Waals surface area contributed by atoms with Crippen LogP contribution in [0, 0.1) is 11.3 Å². The van der Waals surface area contributed by atoms with Crippen LogP contribution in [0.5, 0.6) is 0 Å². The number of pyridine rings is 1. The van der Waals surface area contributed by atoms with E-state index in [9.17, 15) is 33.1 Å². The lowest BCUT2D eigenvalue weighted by molar-refractivity contribution is -0.262. The first-order valence-corrected chi connectivity index (χ1v) is 12.2. The molecule has 0 saturated carbocycles. The maximum atomic E-state index is 13.9. The van der Waals surface area contributed by atoms with Crippen molar-refractivity contribution in [2.45, 2.75) is 11.8 Å². The van der Waals surface area contributed by atoms with Gasteiger partial charge in [-0.25, -0.2) is 4.98 Å². The summed E-state index contributed by atoms with van der Waals surface area (Å²) in [6.45, 7) is -0.0336. The van der Waals surface area contributed by atoms with Gasteiger partial charge in [0.25, 0.3) is 17.4 Å². The Morgan fingerprint density at radius 1 is 1.05 bits per heavy atom. The van der Waals surface area contributed by atoms with E-state index in [1.807, 2.05) is 0 Å². The minimum absolute atomic E-state index is 0.0994. The first-order chi connectivity index (χ1) is 18.5. The minimum Gasteiger partial charge on any atom is -0.369 e. The molecule has 1 atom stereocenters. The minimum atomic E-state index is -5.23. The monoisotopic (exact) mass is 557 g/mol. The Kier molecular flexibility index (Phi) is 7.81. The molecule has 1 saturated heterocycles. The van der Waals surface area contributed by atoms with Gasteiger partial charge in [-0.05, 0) is 23.8 Å². The number of benzene rings is 2. The zero-order valence-electron chi connectivity index (χ0n) is 20.7. The summed E-state index contributed by atoms with van der Waals surface area (Å²) in [5, 5.41) is 23.1. The predicted octanol–water partition coefficient (Wildman–Crippen LogP) is 3.73. The Labute approximate surface area is 227 Å². The van der Waals surface area contributed by atoms with E-state index in [0.29, 0.717) is 22.5 Å². The number of carbonyl (C=O) groups excluding carboxylic acids is 2. The van der Waals surface area contributed by atoms with Crippen LogP contribution in [0.4, 0.5) is 19.0 Å². The third kappa shape index (κ3) is 5.26. The van der Waals surface area contributed by atoms with Gasteiger partial charge in [0.2, 0.25) is 0 Å². The molecule has 0 unspecified atom stereocenters. The van der Waals surface area contributed by atoms with Gasteiger partial charge in [0.1, 0.15) is 11.9 Å². The number of piperazine rings is 1. The largest absolute Gasteiger partial charge is 0.430 e. The number of amides is 2. The number of hydrogen-bond donors (Lipinski definition) is 2. The molecule has 39 heavy (non-hydrogen) atoms. The summed E-state index contributed by atoms with van der Waals surface area (Å²) in [7, 11) is 1.49. The number of aromatic nitrogens is 1. The third-order valence-electron chi connectivity index (χ3n) is 6.54. The summed E-state index contributed by atoms with van der Waals surface area (Å²) in [5.41, 5.74) is -2.51.